The first-order valence-corrected chi connectivity index (χ1v) is 10.2. The molecule has 3 aromatic rings. The molecule has 1 aromatic heterocycles. The number of rotatable bonds is 6. The molecule has 0 aliphatic rings. The number of carbonyl (C=O) groups is 1. The van der Waals surface area contributed by atoms with Crippen molar-refractivity contribution in [3.05, 3.63) is 88.7 Å². The monoisotopic (exact) mass is 405 g/mol. The Kier molecular flexibility index (Phi) is 5.33. The van der Waals surface area contributed by atoms with Crippen LogP contribution in [0.3, 0.4) is 0 Å². The van der Waals surface area contributed by atoms with E-state index in [4.69, 9.17) is 0 Å². The van der Waals surface area contributed by atoms with Crippen LogP contribution in [0.25, 0.3) is 0 Å². The minimum Gasteiger partial charge on any atom is -0.477 e. The van der Waals surface area contributed by atoms with Crippen LogP contribution in [-0.2, 0) is 22.8 Å². The van der Waals surface area contributed by atoms with E-state index in [1.165, 1.54) is 28.8 Å². The highest BCUT2D eigenvalue weighted by Crippen LogP contribution is 2.18. The highest BCUT2D eigenvalue weighted by molar-refractivity contribution is 7.90. The fraction of sp³-hybridized carbons (Fsp3) is 0.150. The number of aromatic nitrogens is 1. The molecule has 146 valence electrons. The van der Waals surface area contributed by atoms with Crippen molar-refractivity contribution in [1.29, 1.82) is 0 Å². The zero-order chi connectivity index (χ0) is 20.5. The summed E-state index contributed by atoms with van der Waals surface area (Å²) in [6.45, 7) is 0.0752. The van der Waals surface area contributed by atoms with Gasteiger partial charge in [-0.25, -0.2) is 22.0 Å². The van der Waals surface area contributed by atoms with Crippen molar-refractivity contribution in [2.75, 3.05) is 6.26 Å². The average molecular weight is 405 g/mol. The fourth-order valence-electron chi connectivity index (χ4n) is 2.90. The van der Waals surface area contributed by atoms with Crippen molar-refractivity contribution >= 4 is 15.8 Å². The summed E-state index contributed by atoms with van der Waals surface area (Å²) in [6, 6.07) is 11.3. The van der Waals surface area contributed by atoms with E-state index in [-0.39, 0.29) is 17.1 Å². The molecule has 0 unspecified atom stereocenters. The lowest BCUT2D eigenvalue weighted by atomic mass is 10.1. The Labute approximate surface area is 160 Å². The number of hydrogen-bond acceptors (Lipinski definition) is 3. The lowest BCUT2D eigenvalue weighted by molar-refractivity contribution is 0.0685. The molecular weight excluding hydrogens is 388 g/mol. The molecule has 28 heavy (non-hydrogen) atoms. The maximum Gasteiger partial charge on any atom is 0.352 e. The Balaban J connectivity index is 1.86. The Morgan fingerprint density at radius 2 is 1.61 bits per heavy atom. The lowest BCUT2D eigenvalue weighted by Crippen LogP contribution is -2.08. The smallest absolute Gasteiger partial charge is 0.352 e. The van der Waals surface area contributed by atoms with Crippen molar-refractivity contribution in [2.45, 2.75) is 17.9 Å². The van der Waals surface area contributed by atoms with Crippen molar-refractivity contribution in [2.24, 2.45) is 0 Å². The first-order valence-electron chi connectivity index (χ1n) is 8.29. The molecular formula is C20H17F2NO4S. The topological polar surface area (TPSA) is 76.4 Å². The minimum absolute atomic E-state index is 0.0208. The molecule has 0 saturated heterocycles. The highest BCUT2D eigenvalue weighted by Gasteiger charge is 2.14. The molecule has 1 heterocycles. The van der Waals surface area contributed by atoms with Gasteiger partial charge in [-0.1, -0.05) is 18.2 Å². The summed E-state index contributed by atoms with van der Waals surface area (Å²) in [5.74, 6) is -3.10. The number of carboxylic acid groups (broad SMARTS) is 1. The van der Waals surface area contributed by atoms with E-state index < -0.39 is 27.4 Å². The summed E-state index contributed by atoms with van der Waals surface area (Å²) in [6.07, 6.45) is 3.16. The van der Waals surface area contributed by atoms with Gasteiger partial charge in [-0.3, -0.25) is 0 Å². The van der Waals surface area contributed by atoms with E-state index in [0.29, 0.717) is 17.5 Å². The van der Waals surface area contributed by atoms with Gasteiger partial charge in [0.25, 0.3) is 0 Å². The van der Waals surface area contributed by atoms with Gasteiger partial charge in [0.05, 0.1) is 4.90 Å². The quantitative estimate of drug-likeness (QED) is 0.681. The van der Waals surface area contributed by atoms with Gasteiger partial charge in [-0.2, -0.15) is 0 Å². The van der Waals surface area contributed by atoms with Gasteiger partial charge in [0.2, 0.25) is 0 Å². The summed E-state index contributed by atoms with van der Waals surface area (Å²) in [7, 11) is -3.29. The zero-order valence-electron chi connectivity index (χ0n) is 14.9. The van der Waals surface area contributed by atoms with Crippen LogP contribution in [-0.4, -0.2) is 30.3 Å². The van der Waals surface area contributed by atoms with Gasteiger partial charge in [0.1, 0.15) is 5.69 Å². The van der Waals surface area contributed by atoms with Crippen LogP contribution in [0.5, 0.6) is 0 Å². The second-order valence-corrected chi connectivity index (χ2v) is 8.52. The normalized spacial score (nSPS) is 11.5. The predicted octanol–water partition coefficient (Wildman–Crippen LogP) is 3.51. The maximum absolute atomic E-state index is 13.4. The molecule has 0 amide bonds. The van der Waals surface area contributed by atoms with Crippen LogP contribution in [0, 0.1) is 11.6 Å². The van der Waals surface area contributed by atoms with Gasteiger partial charge < -0.3 is 9.67 Å². The van der Waals surface area contributed by atoms with E-state index >= 15 is 0 Å². The van der Waals surface area contributed by atoms with E-state index in [9.17, 15) is 27.1 Å². The van der Waals surface area contributed by atoms with Gasteiger partial charge in [0, 0.05) is 19.0 Å². The highest BCUT2D eigenvalue weighted by atomic mass is 32.2. The van der Waals surface area contributed by atoms with Gasteiger partial charge in [-0.05, 0) is 53.4 Å². The third-order valence-electron chi connectivity index (χ3n) is 4.27. The molecule has 5 nitrogen and oxygen atoms in total. The molecule has 3 rings (SSSR count). The van der Waals surface area contributed by atoms with Crippen LogP contribution in [0.2, 0.25) is 0 Å². The molecule has 0 aliphatic carbocycles. The van der Waals surface area contributed by atoms with E-state index in [1.807, 2.05) is 0 Å². The Bertz CT molecular complexity index is 1140. The molecule has 0 atom stereocenters. The Morgan fingerprint density at radius 1 is 0.964 bits per heavy atom. The predicted molar refractivity (Wildman–Crippen MR) is 99.2 cm³/mol. The lowest BCUT2D eigenvalue weighted by Gasteiger charge is -2.07. The average Bonchev–Trinajstić information content (AvgIpc) is 3.00. The number of sulfone groups is 1. The largest absolute Gasteiger partial charge is 0.477 e. The summed E-state index contributed by atoms with van der Waals surface area (Å²) in [5, 5.41) is 9.43. The van der Waals surface area contributed by atoms with Crippen LogP contribution in [0.15, 0.2) is 59.6 Å². The molecule has 1 N–H and O–H groups in total. The van der Waals surface area contributed by atoms with Crippen LogP contribution < -0.4 is 0 Å². The number of hydrogen-bond donors (Lipinski definition) is 1. The SMILES string of the molecule is CS(=O)(=O)c1ccc(Cc2cc(C(=O)O)n(Cc3ccc(F)c(F)c3)c2)cc1. The van der Waals surface area contributed by atoms with Crippen molar-refractivity contribution in [3.63, 3.8) is 0 Å². The number of benzene rings is 2. The number of nitrogens with zero attached hydrogens (tertiary/aromatic N) is 1. The number of aromatic carboxylic acids is 1. The van der Waals surface area contributed by atoms with E-state index in [0.717, 1.165) is 24.0 Å². The third kappa shape index (κ3) is 4.45. The van der Waals surface area contributed by atoms with Gasteiger partial charge in [0.15, 0.2) is 21.5 Å². The second-order valence-electron chi connectivity index (χ2n) is 6.51. The Hall–Kier alpha value is -3.00. The first-order chi connectivity index (χ1) is 13.1. The number of halogens is 2. The molecule has 8 heteroatoms. The van der Waals surface area contributed by atoms with Crippen molar-refractivity contribution in [3.8, 4) is 0 Å². The number of carboxylic acids is 1. The zero-order valence-corrected chi connectivity index (χ0v) is 15.7. The molecule has 0 spiro atoms. The van der Waals surface area contributed by atoms with Crippen LogP contribution in [0.1, 0.15) is 27.2 Å². The van der Waals surface area contributed by atoms with Crippen LogP contribution >= 0.6 is 0 Å². The molecule has 0 fully saturated rings. The Morgan fingerprint density at radius 3 is 2.18 bits per heavy atom. The van der Waals surface area contributed by atoms with Crippen molar-refractivity contribution < 1.29 is 27.1 Å². The van der Waals surface area contributed by atoms with E-state index in [1.54, 1.807) is 18.3 Å². The van der Waals surface area contributed by atoms with Gasteiger partial charge >= 0.3 is 5.97 Å². The minimum atomic E-state index is -3.29. The standard InChI is InChI=1S/C20H17F2NO4S/c1-28(26,27)16-5-2-13(3-6-16)8-15-10-19(20(24)25)23(12-15)11-14-4-7-17(21)18(22)9-14/h2-7,9-10,12H,8,11H2,1H3,(H,24,25). The molecule has 0 radical (unpaired) electrons. The molecule has 2 aromatic carbocycles. The third-order valence-corrected chi connectivity index (χ3v) is 5.40. The summed E-state index contributed by atoms with van der Waals surface area (Å²) < 4.78 is 51.0. The summed E-state index contributed by atoms with van der Waals surface area (Å²) in [4.78, 5) is 11.7. The first kappa shape index (κ1) is 19.8. The molecule has 0 saturated carbocycles. The maximum atomic E-state index is 13.4. The summed E-state index contributed by atoms with van der Waals surface area (Å²) >= 11 is 0. The van der Waals surface area contributed by atoms with Crippen molar-refractivity contribution in [1.82, 2.24) is 4.57 Å². The van der Waals surface area contributed by atoms with Gasteiger partial charge in [-0.15, -0.1) is 0 Å². The fourth-order valence-corrected chi connectivity index (χ4v) is 3.53. The molecule has 0 aliphatic heterocycles. The van der Waals surface area contributed by atoms with Crippen LogP contribution in [0.4, 0.5) is 8.78 Å². The van der Waals surface area contributed by atoms with E-state index in [2.05, 4.69) is 0 Å². The molecule has 0 bridgehead atoms. The second kappa shape index (κ2) is 7.55. The summed E-state index contributed by atoms with van der Waals surface area (Å²) in [5.41, 5.74) is 1.97.